The van der Waals surface area contributed by atoms with Crippen molar-refractivity contribution in [2.24, 2.45) is 0 Å². The number of H-pyrrole nitrogens is 1. The number of aromatic amines is 1. The SMILES string of the molecule is CCN(c1cc(/C=C/c2ccc(N3CCOCC3)nc2)cc(C(=O)NCc2c(C)c3c([nH]c2=O)CCCC3)c1C)C1CCOCC1. The summed E-state index contributed by atoms with van der Waals surface area (Å²) in [5.41, 5.74) is 8.41. The van der Waals surface area contributed by atoms with Crippen molar-refractivity contribution < 1.29 is 14.3 Å². The number of anilines is 2. The molecule has 2 aliphatic heterocycles. The van der Waals surface area contributed by atoms with Gasteiger partial charge in [0.25, 0.3) is 11.5 Å². The Labute approximate surface area is 272 Å². The average molecular weight is 626 g/mol. The summed E-state index contributed by atoms with van der Waals surface area (Å²) in [4.78, 5) is 39.4. The number of fused-ring (bicyclic) bond motifs is 1. The number of nitrogens with zero attached hydrogens (tertiary/aromatic N) is 3. The first-order valence-corrected chi connectivity index (χ1v) is 16.9. The number of hydrogen-bond donors (Lipinski definition) is 2. The van der Waals surface area contributed by atoms with E-state index in [-0.39, 0.29) is 18.0 Å². The van der Waals surface area contributed by atoms with Crippen molar-refractivity contribution >= 4 is 29.6 Å². The monoisotopic (exact) mass is 625 g/mol. The Bertz CT molecular complexity index is 1620. The minimum Gasteiger partial charge on any atom is -0.381 e. The van der Waals surface area contributed by atoms with Crippen LogP contribution >= 0.6 is 0 Å². The molecule has 0 bridgehead atoms. The molecule has 1 aliphatic carbocycles. The van der Waals surface area contributed by atoms with Crippen LogP contribution in [0.5, 0.6) is 0 Å². The van der Waals surface area contributed by atoms with Crippen LogP contribution < -0.4 is 20.7 Å². The van der Waals surface area contributed by atoms with Gasteiger partial charge in [0.15, 0.2) is 0 Å². The summed E-state index contributed by atoms with van der Waals surface area (Å²) in [7, 11) is 0. The van der Waals surface area contributed by atoms with Crippen LogP contribution in [0, 0.1) is 13.8 Å². The fourth-order valence-corrected chi connectivity index (χ4v) is 7.14. The van der Waals surface area contributed by atoms with E-state index in [2.05, 4.69) is 51.3 Å². The minimum atomic E-state index is -0.176. The normalized spacial score (nSPS) is 17.2. The molecule has 2 aromatic heterocycles. The van der Waals surface area contributed by atoms with Crippen LogP contribution in [0.2, 0.25) is 0 Å². The standard InChI is InChI=1S/C37H47N5O4/c1-4-42(29-13-17-45-18-14-29)34-22-28(10-9-27-11-12-35(38-23-27)41-15-19-46-20-16-41)21-31(26(34)3)36(43)39-24-32-25(2)30-7-5-6-8-33(30)40-37(32)44/h9-12,21-23,29H,4-8,13-20,24H2,1-3H3,(H,39,43)(H,40,44)/b10-9+. The van der Waals surface area contributed by atoms with E-state index < -0.39 is 0 Å². The molecule has 0 saturated carbocycles. The van der Waals surface area contributed by atoms with Gasteiger partial charge in [-0.25, -0.2) is 4.98 Å². The number of hydrogen-bond acceptors (Lipinski definition) is 7. The molecule has 2 saturated heterocycles. The highest BCUT2D eigenvalue weighted by atomic mass is 16.5. The van der Waals surface area contributed by atoms with Crippen LogP contribution in [0.3, 0.4) is 0 Å². The Morgan fingerprint density at radius 1 is 1.02 bits per heavy atom. The molecule has 0 atom stereocenters. The zero-order valence-electron chi connectivity index (χ0n) is 27.5. The van der Waals surface area contributed by atoms with Crippen molar-refractivity contribution in [3.63, 3.8) is 0 Å². The molecule has 6 rings (SSSR count). The first-order chi connectivity index (χ1) is 22.4. The van der Waals surface area contributed by atoms with Gasteiger partial charge in [-0.15, -0.1) is 0 Å². The maximum absolute atomic E-state index is 13.9. The maximum Gasteiger partial charge on any atom is 0.253 e. The predicted octanol–water partition coefficient (Wildman–Crippen LogP) is 5.21. The molecule has 0 unspecified atom stereocenters. The average Bonchev–Trinajstić information content (AvgIpc) is 3.09. The lowest BCUT2D eigenvalue weighted by Gasteiger charge is -2.36. The molecule has 0 radical (unpaired) electrons. The van der Waals surface area contributed by atoms with Crippen LogP contribution in [0.25, 0.3) is 12.2 Å². The fraction of sp³-hybridized carbons (Fsp3) is 0.486. The van der Waals surface area contributed by atoms with E-state index in [1.54, 1.807) is 0 Å². The smallest absolute Gasteiger partial charge is 0.253 e. The highest BCUT2D eigenvalue weighted by Gasteiger charge is 2.25. The number of morpholine rings is 1. The Balaban J connectivity index is 1.28. The van der Waals surface area contributed by atoms with E-state index in [0.29, 0.717) is 17.2 Å². The van der Waals surface area contributed by atoms with Crippen molar-refractivity contribution in [3.8, 4) is 0 Å². The lowest BCUT2D eigenvalue weighted by Crippen LogP contribution is -2.40. The zero-order chi connectivity index (χ0) is 32.0. The Morgan fingerprint density at radius 2 is 1.76 bits per heavy atom. The lowest BCUT2D eigenvalue weighted by molar-refractivity contribution is 0.0845. The van der Waals surface area contributed by atoms with Gasteiger partial charge in [-0.2, -0.15) is 0 Å². The topological polar surface area (TPSA) is 99.8 Å². The highest BCUT2D eigenvalue weighted by Crippen LogP contribution is 2.31. The van der Waals surface area contributed by atoms with E-state index in [4.69, 9.17) is 14.5 Å². The number of aromatic nitrogens is 2. The number of aryl methyl sites for hydroxylation is 1. The fourth-order valence-electron chi connectivity index (χ4n) is 7.14. The number of carbonyl (C=O) groups excluding carboxylic acids is 1. The largest absolute Gasteiger partial charge is 0.381 e. The second-order valence-corrected chi connectivity index (χ2v) is 12.6. The molecule has 9 heteroatoms. The molecular weight excluding hydrogens is 578 g/mol. The highest BCUT2D eigenvalue weighted by molar-refractivity contribution is 5.98. The number of ether oxygens (including phenoxy) is 2. The quantitative estimate of drug-likeness (QED) is 0.337. The van der Waals surface area contributed by atoms with Gasteiger partial charge in [0.1, 0.15) is 5.82 Å². The van der Waals surface area contributed by atoms with Gasteiger partial charge in [0.05, 0.1) is 13.2 Å². The lowest BCUT2D eigenvalue weighted by atomic mass is 9.90. The molecule has 244 valence electrons. The van der Waals surface area contributed by atoms with E-state index in [1.807, 2.05) is 32.2 Å². The van der Waals surface area contributed by atoms with Gasteiger partial charge in [0.2, 0.25) is 0 Å². The summed E-state index contributed by atoms with van der Waals surface area (Å²) in [5.74, 6) is 0.783. The Kier molecular flexibility index (Phi) is 10.2. The van der Waals surface area contributed by atoms with Crippen LogP contribution in [0.1, 0.15) is 82.0 Å². The van der Waals surface area contributed by atoms with Crippen LogP contribution in [-0.4, -0.2) is 68.0 Å². The van der Waals surface area contributed by atoms with Gasteiger partial charge < -0.3 is 29.6 Å². The van der Waals surface area contributed by atoms with Crippen molar-refractivity contribution in [2.45, 2.75) is 71.9 Å². The summed E-state index contributed by atoms with van der Waals surface area (Å²) >= 11 is 0. The molecule has 3 aliphatic rings. The van der Waals surface area contributed by atoms with Gasteiger partial charge in [0, 0.05) is 74.1 Å². The third-order valence-corrected chi connectivity index (χ3v) is 9.84. The third-order valence-electron chi connectivity index (χ3n) is 9.84. The molecular formula is C37H47N5O4. The number of carbonyl (C=O) groups is 1. The second kappa shape index (κ2) is 14.6. The van der Waals surface area contributed by atoms with Crippen LogP contribution in [0.4, 0.5) is 11.5 Å². The predicted molar refractivity (Wildman–Crippen MR) is 184 cm³/mol. The molecule has 1 aromatic carbocycles. The van der Waals surface area contributed by atoms with Crippen molar-refractivity contribution in [1.82, 2.24) is 15.3 Å². The van der Waals surface area contributed by atoms with Gasteiger partial charge in [-0.3, -0.25) is 9.59 Å². The minimum absolute atomic E-state index is 0.0996. The van der Waals surface area contributed by atoms with Crippen LogP contribution in [-0.2, 0) is 28.9 Å². The molecule has 0 spiro atoms. The number of pyridine rings is 2. The maximum atomic E-state index is 13.9. The Morgan fingerprint density at radius 3 is 2.50 bits per heavy atom. The number of amides is 1. The number of benzene rings is 1. The number of nitrogens with one attached hydrogen (secondary N) is 2. The second-order valence-electron chi connectivity index (χ2n) is 12.6. The van der Waals surface area contributed by atoms with Gasteiger partial charge in [-0.1, -0.05) is 12.2 Å². The molecule has 46 heavy (non-hydrogen) atoms. The Hall–Kier alpha value is -3.95. The van der Waals surface area contributed by atoms with E-state index in [0.717, 1.165) is 124 Å². The molecule has 2 N–H and O–H groups in total. The van der Waals surface area contributed by atoms with Crippen molar-refractivity contribution in [2.75, 3.05) is 55.9 Å². The van der Waals surface area contributed by atoms with Crippen LogP contribution in [0.15, 0.2) is 35.3 Å². The summed E-state index contributed by atoms with van der Waals surface area (Å²) in [5, 5.41) is 3.10. The molecule has 9 nitrogen and oxygen atoms in total. The molecule has 2 fully saturated rings. The molecule has 1 amide bonds. The van der Waals surface area contributed by atoms with E-state index >= 15 is 0 Å². The van der Waals surface area contributed by atoms with Crippen molar-refractivity contribution in [1.29, 1.82) is 0 Å². The summed E-state index contributed by atoms with van der Waals surface area (Å²) < 4.78 is 11.1. The molecule has 4 heterocycles. The molecule has 3 aromatic rings. The summed E-state index contributed by atoms with van der Waals surface area (Å²) in [6, 6.07) is 8.63. The zero-order valence-corrected chi connectivity index (χ0v) is 27.5. The third kappa shape index (κ3) is 7.05. The van der Waals surface area contributed by atoms with E-state index in [9.17, 15) is 9.59 Å². The first-order valence-electron chi connectivity index (χ1n) is 16.9. The van der Waals surface area contributed by atoms with Gasteiger partial charge in [-0.05, 0) is 111 Å². The van der Waals surface area contributed by atoms with Gasteiger partial charge >= 0.3 is 0 Å². The van der Waals surface area contributed by atoms with Crippen molar-refractivity contribution in [3.05, 3.63) is 85.5 Å². The summed E-state index contributed by atoms with van der Waals surface area (Å²) in [6.07, 6.45) is 12.0. The summed E-state index contributed by atoms with van der Waals surface area (Å²) in [6.45, 7) is 11.9. The van der Waals surface area contributed by atoms with E-state index in [1.165, 1.54) is 5.56 Å². The number of rotatable bonds is 9. The first kappa shape index (κ1) is 32.0.